The Kier molecular flexibility index (Phi) is 2.92. The van der Waals surface area contributed by atoms with E-state index in [2.05, 4.69) is 48.9 Å². The van der Waals surface area contributed by atoms with Gasteiger partial charge < -0.3 is 4.57 Å². The van der Waals surface area contributed by atoms with Crippen molar-refractivity contribution in [2.24, 2.45) is 0 Å². The Morgan fingerprint density at radius 2 is 1.96 bits per heavy atom. The van der Waals surface area contributed by atoms with Crippen molar-refractivity contribution in [3.05, 3.63) is 66.5 Å². The molecule has 0 amide bonds. The molecule has 0 aliphatic rings. The van der Waals surface area contributed by atoms with E-state index in [0.717, 1.165) is 28.8 Å². The van der Waals surface area contributed by atoms with E-state index in [1.54, 1.807) is 22.3 Å². The van der Waals surface area contributed by atoms with Crippen molar-refractivity contribution < 1.29 is 0 Å². The molecule has 5 aromatic rings. The van der Waals surface area contributed by atoms with Gasteiger partial charge in [-0.15, -0.1) is 11.3 Å². The molecule has 3 aromatic heterocycles. The molecule has 0 unspecified atom stereocenters. The number of aromatic nitrogens is 6. The molecular weight excluding hydrogens is 320 g/mol. The summed E-state index contributed by atoms with van der Waals surface area (Å²) in [6, 6.07) is 12.5. The summed E-state index contributed by atoms with van der Waals surface area (Å²) in [6.45, 7) is 0.785. The highest BCUT2D eigenvalue weighted by atomic mass is 32.1. The van der Waals surface area contributed by atoms with Gasteiger partial charge in [-0.2, -0.15) is 5.10 Å². The van der Waals surface area contributed by atoms with Crippen molar-refractivity contribution in [2.45, 2.75) is 6.54 Å². The molecule has 0 N–H and O–H groups in total. The Bertz CT molecular complexity index is 1140. The fraction of sp³-hybridized carbons (Fsp3) is 0.0588. The number of thiazole rings is 1. The van der Waals surface area contributed by atoms with Crippen LogP contribution >= 0.6 is 11.3 Å². The van der Waals surface area contributed by atoms with Gasteiger partial charge in [-0.3, -0.25) is 0 Å². The molecule has 0 saturated carbocycles. The van der Waals surface area contributed by atoms with Crippen molar-refractivity contribution in [1.29, 1.82) is 0 Å². The van der Waals surface area contributed by atoms with Gasteiger partial charge in [0.1, 0.15) is 12.7 Å². The van der Waals surface area contributed by atoms with Crippen molar-refractivity contribution in [3.8, 4) is 5.69 Å². The van der Waals surface area contributed by atoms with Crippen molar-refractivity contribution >= 4 is 32.6 Å². The van der Waals surface area contributed by atoms with Gasteiger partial charge in [0, 0.05) is 6.54 Å². The van der Waals surface area contributed by atoms with Crippen LogP contribution in [0.3, 0.4) is 0 Å². The van der Waals surface area contributed by atoms with E-state index in [0.29, 0.717) is 0 Å². The maximum Gasteiger partial charge on any atom is 0.138 e. The molecule has 116 valence electrons. The van der Waals surface area contributed by atoms with E-state index >= 15 is 0 Å². The van der Waals surface area contributed by atoms with E-state index in [1.807, 2.05) is 24.0 Å². The molecule has 24 heavy (non-hydrogen) atoms. The number of nitrogens with zero attached hydrogens (tertiary/aromatic N) is 6. The van der Waals surface area contributed by atoms with E-state index in [4.69, 9.17) is 0 Å². The first-order chi connectivity index (χ1) is 11.9. The number of rotatable bonds is 3. The standard InChI is InChI=1S/C17H12N6S/c1-3-14-17(24-11-20-14)5-12(1)7-22-10-19-15-6-13(2-4-16(15)22)23-9-18-8-21-23/h1-6,8-11H,7H2. The Hall–Kier alpha value is -3.06. The number of fused-ring (bicyclic) bond motifs is 2. The Morgan fingerprint density at radius 1 is 0.958 bits per heavy atom. The minimum Gasteiger partial charge on any atom is -0.326 e. The third-order valence-corrected chi connectivity index (χ3v) is 4.83. The lowest BCUT2D eigenvalue weighted by Gasteiger charge is -2.06. The highest BCUT2D eigenvalue weighted by Gasteiger charge is 2.07. The lowest BCUT2D eigenvalue weighted by molar-refractivity contribution is 0.825. The van der Waals surface area contributed by atoms with Crippen LogP contribution in [0.15, 0.2) is 60.9 Å². The first kappa shape index (κ1) is 13.4. The fourth-order valence-corrected chi connectivity index (χ4v) is 3.60. The van der Waals surface area contributed by atoms with Gasteiger partial charge in [0.2, 0.25) is 0 Å². The van der Waals surface area contributed by atoms with E-state index < -0.39 is 0 Å². The van der Waals surface area contributed by atoms with Crippen LogP contribution in [0.4, 0.5) is 0 Å². The molecule has 3 heterocycles. The molecule has 0 spiro atoms. The van der Waals surface area contributed by atoms with Crippen LogP contribution in [0.1, 0.15) is 5.56 Å². The van der Waals surface area contributed by atoms with Crippen LogP contribution in [0, 0.1) is 0 Å². The molecule has 0 aliphatic heterocycles. The third kappa shape index (κ3) is 2.17. The maximum absolute atomic E-state index is 4.53. The molecule has 0 aliphatic carbocycles. The summed E-state index contributed by atoms with van der Waals surface area (Å²) in [5.74, 6) is 0. The summed E-state index contributed by atoms with van der Waals surface area (Å²) in [5, 5.41) is 4.16. The van der Waals surface area contributed by atoms with Crippen LogP contribution < -0.4 is 0 Å². The van der Waals surface area contributed by atoms with Gasteiger partial charge in [0.25, 0.3) is 0 Å². The molecule has 6 nitrogen and oxygen atoms in total. The largest absolute Gasteiger partial charge is 0.326 e. The number of imidazole rings is 1. The molecule has 0 atom stereocenters. The minimum atomic E-state index is 0.785. The Balaban J connectivity index is 1.52. The second-order valence-electron chi connectivity index (χ2n) is 5.54. The highest BCUT2D eigenvalue weighted by molar-refractivity contribution is 7.16. The minimum absolute atomic E-state index is 0.785. The summed E-state index contributed by atoms with van der Waals surface area (Å²) in [5.41, 5.74) is 7.18. The SMILES string of the molecule is c1ncn(-c2ccc3c(c2)ncn3Cc2ccc3ncsc3c2)n1. The first-order valence-corrected chi connectivity index (χ1v) is 8.37. The van der Waals surface area contributed by atoms with Gasteiger partial charge in [0.15, 0.2) is 0 Å². The highest BCUT2D eigenvalue weighted by Crippen LogP contribution is 2.22. The number of hydrogen-bond acceptors (Lipinski definition) is 5. The second-order valence-corrected chi connectivity index (χ2v) is 6.43. The normalized spacial score (nSPS) is 11.5. The van der Waals surface area contributed by atoms with E-state index in [-0.39, 0.29) is 0 Å². The van der Waals surface area contributed by atoms with E-state index in [9.17, 15) is 0 Å². The predicted octanol–water partition coefficient (Wildman–Crippen LogP) is 3.28. The van der Waals surface area contributed by atoms with Gasteiger partial charge in [-0.25, -0.2) is 19.6 Å². The first-order valence-electron chi connectivity index (χ1n) is 7.49. The Morgan fingerprint density at radius 3 is 2.88 bits per heavy atom. The monoisotopic (exact) mass is 332 g/mol. The van der Waals surface area contributed by atoms with Crippen molar-refractivity contribution in [3.63, 3.8) is 0 Å². The zero-order valence-corrected chi connectivity index (χ0v) is 13.4. The molecule has 0 saturated heterocycles. The maximum atomic E-state index is 4.53. The van der Waals surface area contributed by atoms with Gasteiger partial charge >= 0.3 is 0 Å². The topological polar surface area (TPSA) is 61.4 Å². The van der Waals surface area contributed by atoms with Gasteiger partial charge in [0.05, 0.1) is 38.8 Å². The van der Waals surface area contributed by atoms with Crippen LogP contribution in [-0.4, -0.2) is 29.3 Å². The van der Waals surface area contributed by atoms with Crippen molar-refractivity contribution in [1.82, 2.24) is 29.3 Å². The number of benzene rings is 2. The molecule has 2 aromatic carbocycles. The summed E-state index contributed by atoms with van der Waals surface area (Å²) in [4.78, 5) is 12.8. The van der Waals surface area contributed by atoms with Crippen LogP contribution in [-0.2, 0) is 6.54 Å². The summed E-state index contributed by atoms with van der Waals surface area (Å²) in [6.07, 6.45) is 5.09. The van der Waals surface area contributed by atoms with Crippen LogP contribution in [0.2, 0.25) is 0 Å². The average molecular weight is 332 g/mol. The lowest BCUT2D eigenvalue weighted by atomic mass is 10.2. The Labute approximate surface area is 141 Å². The number of hydrogen-bond donors (Lipinski definition) is 0. The van der Waals surface area contributed by atoms with Gasteiger partial charge in [-0.1, -0.05) is 6.07 Å². The quantitative estimate of drug-likeness (QED) is 0.509. The molecule has 5 rings (SSSR count). The molecular formula is C17H12N6S. The third-order valence-electron chi connectivity index (χ3n) is 4.04. The van der Waals surface area contributed by atoms with Crippen LogP contribution in [0.5, 0.6) is 0 Å². The summed E-state index contributed by atoms with van der Waals surface area (Å²) < 4.78 is 5.10. The molecule has 0 bridgehead atoms. The predicted molar refractivity (Wildman–Crippen MR) is 93.4 cm³/mol. The zero-order valence-electron chi connectivity index (χ0n) is 12.6. The average Bonchev–Trinajstić information content (AvgIpc) is 3.35. The van der Waals surface area contributed by atoms with E-state index in [1.165, 1.54) is 16.6 Å². The summed E-state index contributed by atoms with van der Waals surface area (Å²) >= 11 is 1.67. The lowest BCUT2D eigenvalue weighted by Crippen LogP contribution is -1.98. The van der Waals surface area contributed by atoms with Crippen molar-refractivity contribution in [2.75, 3.05) is 0 Å². The smallest absolute Gasteiger partial charge is 0.138 e. The molecule has 0 radical (unpaired) electrons. The van der Waals surface area contributed by atoms with Crippen LogP contribution in [0.25, 0.3) is 26.9 Å². The fourth-order valence-electron chi connectivity index (χ4n) is 2.86. The molecule has 7 heteroatoms. The van der Waals surface area contributed by atoms with Gasteiger partial charge in [-0.05, 0) is 35.9 Å². The zero-order chi connectivity index (χ0) is 15.9. The molecule has 0 fully saturated rings. The second kappa shape index (κ2) is 5.24. The summed E-state index contributed by atoms with van der Waals surface area (Å²) in [7, 11) is 0.